The fourth-order valence-electron chi connectivity index (χ4n) is 2.86. The van der Waals surface area contributed by atoms with E-state index in [1.807, 2.05) is 20.8 Å². The van der Waals surface area contributed by atoms with Crippen molar-refractivity contribution >= 4 is 23.9 Å². The lowest BCUT2D eigenvalue weighted by Crippen LogP contribution is -2.57. The van der Waals surface area contributed by atoms with Crippen LogP contribution in [0.15, 0.2) is 18.3 Å². The van der Waals surface area contributed by atoms with Crippen molar-refractivity contribution in [2.45, 2.75) is 32.5 Å². The van der Waals surface area contributed by atoms with Crippen LogP contribution in [0, 0.1) is 0 Å². The summed E-state index contributed by atoms with van der Waals surface area (Å²) < 4.78 is 11.1. The van der Waals surface area contributed by atoms with Crippen molar-refractivity contribution in [2.24, 2.45) is 0 Å². The van der Waals surface area contributed by atoms with Crippen molar-refractivity contribution in [1.82, 2.24) is 14.8 Å². The molecule has 152 valence electrons. The van der Waals surface area contributed by atoms with Crippen molar-refractivity contribution in [3.63, 3.8) is 0 Å². The summed E-state index contributed by atoms with van der Waals surface area (Å²) in [7, 11) is 0. The molecule has 1 aromatic rings. The van der Waals surface area contributed by atoms with Crippen LogP contribution in [0.4, 0.5) is 15.4 Å². The molecule has 0 saturated carbocycles. The molecule has 10 heteroatoms. The number of nitrogens with zero attached hydrogens (tertiary/aromatic N) is 4. The first-order chi connectivity index (χ1) is 13.1. The maximum absolute atomic E-state index is 12.1. The highest BCUT2D eigenvalue weighted by Gasteiger charge is 2.35. The molecule has 1 aromatic heterocycles. The van der Waals surface area contributed by atoms with Gasteiger partial charge in [0.05, 0.1) is 19.3 Å². The Kier molecular flexibility index (Phi) is 5.30. The zero-order valence-corrected chi connectivity index (χ0v) is 16.1. The quantitative estimate of drug-likeness (QED) is 0.827. The van der Waals surface area contributed by atoms with Gasteiger partial charge in [0.1, 0.15) is 29.8 Å². The first kappa shape index (κ1) is 19.7. The Morgan fingerprint density at radius 3 is 2.43 bits per heavy atom. The highest BCUT2D eigenvalue weighted by Crippen LogP contribution is 2.22. The zero-order chi connectivity index (χ0) is 20.5. The Labute approximate surface area is 162 Å². The number of aromatic nitrogens is 1. The van der Waals surface area contributed by atoms with Crippen LogP contribution in [-0.4, -0.2) is 82.4 Å². The third-order valence-electron chi connectivity index (χ3n) is 4.29. The number of pyridine rings is 1. The Hall–Kier alpha value is -3.04. The van der Waals surface area contributed by atoms with Crippen LogP contribution in [0.25, 0.3) is 0 Å². The Balaban J connectivity index is 1.49. The molecule has 0 atom stereocenters. The summed E-state index contributed by atoms with van der Waals surface area (Å²) in [4.78, 5) is 43.3. The van der Waals surface area contributed by atoms with E-state index in [2.05, 4.69) is 4.98 Å². The van der Waals surface area contributed by atoms with Crippen molar-refractivity contribution in [3.05, 3.63) is 18.3 Å². The van der Waals surface area contributed by atoms with E-state index in [9.17, 15) is 14.4 Å². The van der Waals surface area contributed by atoms with Gasteiger partial charge in [-0.25, -0.2) is 14.6 Å². The lowest BCUT2D eigenvalue weighted by molar-refractivity contribution is -0.120. The molecule has 0 aromatic carbocycles. The van der Waals surface area contributed by atoms with Crippen LogP contribution in [0.3, 0.4) is 0 Å². The molecule has 2 saturated heterocycles. The van der Waals surface area contributed by atoms with Gasteiger partial charge in [0.2, 0.25) is 5.91 Å². The van der Waals surface area contributed by atoms with Crippen LogP contribution in [0.1, 0.15) is 20.8 Å². The number of amides is 3. The average Bonchev–Trinajstić information content (AvgIpc) is 2.56. The molecular weight excluding hydrogens is 368 g/mol. The fraction of sp³-hybridized carbons (Fsp3) is 0.556. The van der Waals surface area contributed by atoms with Gasteiger partial charge in [-0.15, -0.1) is 0 Å². The van der Waals surface area contributed by atoms with E-state index in [1.165, 1.54) is 11.1 Å². The summed E-state index contributed by atoms with van der Waals surface area (Å²) in [6, 6.07) is 3.36. The van der Waals surface area contributed by atoms with Gasteiger partial charge in [0.25, 0.3) is 0 Å². The van der Waals surface area contributed by atoms with Gasteiger partial charge in [0, 0.05) is 13.1 Å². The number of piperazine rings is 1. The number of ether oxygens (including phenoxy) is 2. The number of anilines is 1. The predicted octanol–water partition coefficient (Wildman–Crippen LogP) is 1.41. The topological polar surface area (TPSA) is 113 Å². The van der Waals surface area contributed by atoms with Crippen molar-refractivity contribution in [1.29, 1.82) is 0 Å². The standard InChI is InChI=1S/C18H24N4O6/c1-18(2,3)28-17(26)21-9-13(10-21)27-12-4-5-14(19-8-12)22-7-6-20(16(24)25)11-15(22)23/h4-5,8,13H,6-7,9-11H2,1-3H3,(H,24,25). The summed E-state index contributed by atoms with van der Waals surface area (Å²) in [5, 5.41) is 8.96. The molecular formula is C18H24N4O6. The summed E-state index contributed by atoms with van der Waals surface area (Å²) in [5.41, 5.74) is -0.532. The molecule has 10 nitrogen and oxygen atoms in total. The van der Waals surface area contributed by atoms with Gasteiger partial charge >= 0.3 is 12.2 Å². The lowest BCUT2D eigenvalue weighted by atomic mass is 10.1. The molecule has 3 amide bonds. The molecule has 2 aliphatic heterocycles. The minimum Gasteiger partial charge on any atom is -0.485 e. The molecule has 2 aliphatic rings. The first-order valence-electron chi connectivity index (χ1n) is 9.01. The van der Waals surface area contributed by atoms with Crippen molar-refractivity contribution in [3.8, 4) is 5.75 Å². The van der Waals surface area contributed by atoms with Gasteiger partial charge in [-0.3, -0.25) is 14.6 Å². The molecule has 0 radical (unpaired) electrons. The number of hydrogen-bond acceptors (Lipinski definition) is 6. The second-order valence-corrected chi connectivity index (χ2v) is 7.73. The molecule has 3 heterocycles. The summed E-state index contributed by atoms with van der Waals surface area (Å²) in [6.07, 6.45) is -0.0890. The third-order valence-corrected chi connectivity index (χ3v) is 4.29. The van der Waals surface area contributed by atoms with Gasteiger partial charge in [-0.2, -0.15) is 0 Å². The van der Waals surface area contributed by atoms with E-state index in [-0.39, 0.29) is 37.7 Å². The SMILES string of the molecule is CC(C)(C)OC(=O)N1CC(Oc2ccc(N3CCN(C(=O)O)CC3=O)nc2)C1. The van der Waals surface area contributed by atoms with Gasteiger partial charge in [0.15, 0.2) is 0 Å². The molecule has 2 fully saturated rings. The van der Waals surface area contributed by atoms with Crippen molar-refractivity contribution in [2.75, 3.05) is 37.6 Å². The Morgan fingerprint density at radius 2 is 1.89 bits per heavy atom. The summed E-state index contributed by atoms with van der Waals surface area (Å²) >= 11 is 0. The average molecular weight is 392 g/mol. The number of rotatable bonds is 3. The van der Waals surface area contributed by atoms with E-state index in [4.69, 9.17) is 14.6 Å². The molecule has 0 spiro atoms. The van der Waals surface area contributed by atoms with E-state index in [0.717, 1.165) is 4.90 Å². The maximum atomic E-state index is 12.1. The van der Waals surface area contributed by atoms with Gasteiger partial charge < -0.3 is 19.5 Å². The highest BCUT2D eigenvalue weighted by molar-refractivity contribution is 5.96. The maximum Gasteiger partial charge on any atom is 0.410 e. The highest BCUT2D eigenvalue weighted by atomic mass is 16.6. The number of carbonyl (C=O) groups is 3. The molecule has 0 bridgehead atoms. The van der Waals surface area contributed by atoms with E-state index in [0.29, 0.717) is 24.7 Å². The number of carboxylic acid groups (broad SMARTS) is 1. The zero-order valence-electron chi connectivity index (χ0n) is 16.1. The Morgan fingerprint density at radius 1 is 1.18 bits per heavy atom. The van der Waals surface area contributed by atoms with Gasteiger partial charge in [-0.1, -0.05) is 0 Å². The first-order valence-corrected chi connectivity index (χ1v) is 9.01. The normalized spacial score (nSPS) is 18.0. The van der Waals surface area contributed by atoms with Crippen LogP contribution < -0.4 is 9.64 Å². The summed E-state index contributed by atoms with van der Waals surface area (Å²) in [6.45, 7) is 6.64. The summed E-state index contributed by atoms with van der Waals surface area (Å²) in [5.74, 6) is 0.669. The second-order valence-electron chi connectivity index (χ2n) is 7.73. The minimum atomic E-state index is -1.11. The molecule has 0 aliphatic carbocycles. The van der Waals surface area contributed by atoms with Crippen LogP contribution >= 0.6 is 0 Å². The number of likely N-dealkylation sites (tertiary alicyclic amines) is 1. The number of carbonyl (C=O) groups excluding carboxylic acids is 2. The lowest BCUT2D eigenvalue weighted by Gasteiger charge is -2.39. The molecule has 0 unspecified atom stereocenters. The molecule has 1 N–H and O–H groups in total. The molecule has 3 rings (SSSR count). The number of hydrogen-bond donors (Lipinski definition) is 1. The van der Waals surface area contributed by atoms with Crippen molar-refractivity contribution < 1.29 is 29.0 Å². The van der Waals surface area contributed by atoms with Crippen LogP contribution in [-0.2, 0) is 9.53 Å². The second kappa shape index (κ2) is 7.53. The van der Waals surface area contributed by atoms with Gasteiger partial charge in [-0.05, 0) is 32.9 Å². The van der Waals surface area contributed by atoms with E-state index in [1.54, 1.807) is 17.0 Å². The largest absolute Gasteiger partial charge is 0.485 e. The third kappa shape index (κ3) is 4.62. The smallest absolute Gasteiger partial charge is 0.410 e. The van der Waals surface area contributed by atoms with Crippen LogP contribution in [0.2, 0.25) is 0 Å². The van der Waals surface area contributed by atoms with E-state index < -0.39 is 11.7 Å². The monoisotopic (exact) mass is 392 g/mol. The van der Waals surface area contributed by atoms with E-state index >= 15 is 0 Å². The molecule has 28 heavy (non-hydrogen) atoms. The Bertz CT molecular complexity index is 754. The fourth-order valence-corrected chi connectivity index (χ4v) is 2.86. The predicted molar refractivity (Wildman–Crippen MR) is 98.4 cm³/mol. The van der Waals surface area contributed by atoms with Crippen LogP contribution in [0.5, 0.6) is 5.75 Å². The minimum absolute atomic E-state index is 0.138.